The van der Waals surface area contributed by atoms with Crippen molar-refractivity contribution < 1.29 is 13.2 Å². The molecule has 0 amide bonds. The lowest BCUT2D eigenvalue weighted by Crippen LogP contribution is -2.31. The molecule has 23 heavy (non-hydrogen) atoms. The number of ether oxygens (including phenoxy) is 1. The largest absolute Gasteiger partial charge is 0.497 e. The predicted molar refractivity (Wildman–Crippen MR) is 94.2 cm³/mol. The van der Waals surface area contributed by atoms with E-state index in [9.17, 15) is 8.42 Å². The zero-order valence-electron chi connectivity index (χ0n) is 12.4. The number of sulfonamides is 1. The van der Waals surface area contributed by atoms with Gasteiger partial charge in [-0.25, -0.2) is 8.42 Å². The van der Waals surface area contributed by atoms with E-state index < -0.39 is 10.0 Å². The van der Waals surface area contributed by atoms with Gasteiger partial charge < -0.3 is 4.74 Å². The Morgan fingerprint density at radius 1 is 1.13 bits per heavy atom. The average molecular weight is 372 g/mol. The number of anilines is 1. The molecule has 7 heteroatoms. The zero-order valence-corrected chi connectivity index (χ0v) is 14.7. The Kier molecular flexibility index (Phi) is 5.57. The SMILES string of the molecule is C=CCN(c1cc(Cl)cc(Cl)c1)S(=O)(=O)c1ccc(OC)cc1. The summed E-state index contributed by atoms with van der Waals surface area (Å²) < 4.78 is 32.0. The van der Waals surface area contributed by atoms with Crippen molar-refractivity contribution in [3.63, 3.8) is 0 Å². The Bertz CT molecular complexity index is 784. The molecule has 0 saturated heterocycles. The van der Waals surface area contributed by atoms with Crippen LogP contribution in [0.15, 0.2) is 60.0 Å². The number of benzene rings is 2. The summed E-state index contributed by atoms with van der Waals surface area (Å²) in [7, 11) is -2.27. The maximum atomic E-state index is 12.9. The second-order valence-corrected chi connectivity index (χ2v) is 7.36. The lowest BCUT2D eigenvalue weighted by atomic mass is 10.3. The molecule has 0 saturated carbocycles. The fourth-order valence-corrected chi connectivity index (χ4v) is 3.95. The molecule has 0 fully saturated rings. The lowest BCUT2D eigenvalue weighted by molar-refractivity contribution is 0.414. The molecular weight excluding hydrogens is 357 g/mol. The van der Waals surface area contributed by atoms with Gasteiger partial charge in [0.15, 0.2) is 0 Å². The lowest BCUT2D eigenvalue weighted by Gasteiger charge is -2.23. The fourth-order valence-electron chi connectivity index (χ4n) is 2.02. The predicted octanol–water partition coefficient (Wildman–Crippen LogP) is 4.38. The first-order chi connectivity index (χ1) is 10.9. The second-order valence-electron chi connectivity index (χ2n) is 4.63. The molecule has 2 aromatic carbocycles. The van der Waals surface area contributed by atoms with Crippen LogP contribution >= 0.6 is 23.2 Å². The quantitative estimate of drug-likeness (QED) is 0.707. The van der Waals surface area contributed by atoms with E-state index in [0.717, 1.165) is 0 Å². The first-order valence-corrected chi connectivity index (χ1v) is 8.82. The maximum Gasteiger partial charge on any atom is 0.264 e. The van der Waals surface area contributed by atoms with Crippen molar-refractivity contribution in [1.29, 1.82) is 0 Å². The van der Waals surface area contributed by atoms with Crippen molar-refractivity contribution in [2.24, 2.45) is 0 Å². The Hall–Kier alpha value is -1.69. The van der Waals surface area contributed by atoms with Gasteiger partial charge in [-0.15, -0.1) is 6.58 Å². The third-order valence-corrected chi connectivity index (χ3v) is 5.32. The minimum Gasteiger partial charge on any atom is -0.497 e. The monoisotopic (exact) mass is 371 g/mol. The molecular formula is C16H15Cl2NO3S. The van der Waals surface area contributed by atoms with Crippen LogP contribution in [0, 0.1) is 0 Å². The molecule has 2 aromatic rings. The summed E-state index contributed by atoms with van der Waals surface area (Å²) >= 11 is 12.0. The number of nitrogens with zero attached hydrogens (tertiary/aromatic N) is 1. The van der Waals surface area contributed by atoms with Crippen LogP contribution in [0.4, 0.5) is 5.69 Å². The Labute approximate surface area is 145 Å². The summed E-state index contributed by atoms with van der Waals surface area (Å²) in [6.45, 7) is 3.70. The fraction of sp³-hybridized carbons (Fsp3) is 0.125. The molecule has 0 unspecified atom stereocenters. The van der Waals surface area contributed by atoms with Crippen molar-refractivity contribution >= 4 is 38.9 Å². The maximum absolute atomic E-state index is 12.9. The Balaban J connectivity index is 2.51. The van der Waals surface area contributed by atoms with Crippen molar-refractivity contribution in [3.05, 3.63) is 65.2 Å². The van der Waals surface area contributed by atoms with Gasteiger partial charge in [0.05, 0.1) is 24.2 Å². The van der Waals surface area contributed by atoms with E-state index in [-0.39, 0.29) is 11.4 Å². The van der Waals surface area contributed by atoms with Crippen LogP contribution in [0.3, 0.4) is 0 Å². The molecule has 0 aliphatic rings. The van der Waals surface area contributed by atoms with Gasteiger partial charge in [-0.3, -0.25) is 4.31 Å². The zero-order chi connectivity index (χ0) is 17.0. The van der Waals surface area contributed by atoms with Crippen LogP contribution in [-0.2, 0) is 10.0 Å². The molecule has 0 atom stereocenters. The van der Waals surface area contributed by atoms with Crippen molar-refractivity contribution in [1.82, 2.24) is 0 Å². The van der Waals surface area contributed by atoms with E-state index in [1.807, 2.05) is 0 Å². The molecule has 4 nitrogen and oxygen atoms in total. The average Bonchev–Trinajstić information content (AvgIpc) is 2.51. The van der Waals surface area contributed by atoms with Crippen LogP contribution in [0.5, 0.6) is 5.75 Å². The highest BCUT2D eigenvalue weighted by molar-refractivity contribution is 7.92. The normalized spacial score (nSPS) is 11.1. The summed E-state index contributed by atoms with van der Waals surface area (Å²) in [4.78, 5) is 0.135. The van der Waals surface area contributed by atoms with Crippen LogP contribution < -0.4 is 9.04 Å². The number of rotatable bonds is 6. The highest BCUT2D eigenvalue weighted by atomic mass is 35.5. The third-order valence-electron chi connectivity index (χ3n) is 3.08. The minimum absolute atomic E-state index is 0.0883. The third kappa shape index (κ3) is 3.99. The number of halogens is 2. The number of hydrogen-bond donors (Lipinski definition) is 0. The van der Waals surface area contributed by atoms with E-state index in [4.69, 9.17) is 27.9 Å². The summed E-state index contributed by atoms with van der Waals surface area (Å²) in [6, 6.07) is 10.8. The van der Waals surface area contributed by atoms with E-state index in [2.05, 4.69) is 6.58 Å². The van der Waals surface area contributed by atoms with E-state index in [1.165, 1.54) is 41.8 Å². The van der Waals surface area contributed by atoms with E-state index >= 15 is 0 Å². The molecule has 0 bridgehead atoms. The van der Waals surface area contributed by atoms with Gasteiger partial charge in [0, 0.05) is 10.0 Å². The van der Waals surface area contributed by atoms with Crippen LogP contribution in [0.2, 0.25) is 10.0 Å². The summed E-state index contributed by atoms with van der Waals surface area (Å²) in [5, 5.41) is 0.706. The summed E-state index contributed by atoms with van der Waals surface area (Å²) in [5.41, 5.74) is 0.373. The van der Waals surface area contributed by atoms with Crippen molar-refractivity contribution in [2.75, 3.05) is 18.0 Å². The molecule has 0 aliphatic heterocycles. The van der Waals surface area contributed by atoms with Crippen molar-refractivity contribution in [2.45, 2.75) is 4.90 Å². The molecule has 2 rings (SSSR count). The standard InChI is InChI=1S/C16H15Cl2NO3S/c1-3-8-19(14-10-12(17)9-13(18)11-14)23(20,21)16-6-4-15(22-2)5-7-16/h3-7,9-11H,1,8H2,2H3. The minimum atomic E-state index is -3.79. The Morgan fingerprint density at radius 3 is 2.17 bits per heavy atom. The van der Waals surface area contributed by atoms with E-state index in [0.29, 0.717) is 21.5 Å². The molecule has 0 aliphatic carbocycles. The van der Waals surface area contributed by atoms with Crippen LogP contribution in [-0.4, -0.2) is 22.1 Å². The molecule has 0 aromatic heterocycles. The molecule has 0 radical (unpaired) electrons. The first-order valence-electron chi connectivity index (χ1n) is 6.62. The van der Waals surface area contributed by atoms with Crippen LogP contribution in [0.25, 0.3) is 0 Å². The molecule has 0 spiro atoms. The first kappa shape index (κ1) is 17.7. The number of hydrogen-bond acceptors (Lipinski definition) is 3. The molecule has 0 heterocycles. The van der Waals surface area contributed by atoms with Gasteiger partial charge in [-0.1, -0.05) is 29.3 Å². The smallest absolute Gasteiger partial charge is 0.264 e. The topological polar surface area (TPSA) is 46.6 Å². The van der Waals surface area contributed by atoms with E-state index in [1.54, 1.807) is 18.2 Å². The van der Waals surface area contributed by atoms with Gasteiger partial charge in [-0.2, -0.15) is 0 Å². The van der Waals surface area contributed by atoms with Gasteiger partial charge >= 0.3 is 0 Å². The van der Waals surface area contributed by atoms with Gasteiger partial charge in [-0.05, 0) is 42.5 Å². The molecule has 122 valence electrons. The summed E-state index contributed by atoms with van der Waals surface area (Å²) in [6.07, 6.45) is 1.50. The van der Waals surface area contributed by atoms with Crippen molar-refractivity contribution in [3.8, 4) is 5.75 Å². The molecule has 0 N–H and O–H groups in total. The number of methoxy groups -OCH3 is 1. The Morgan fingerprint density at radius 2 is 1.70 bits per heavy atom. The van der Waals surface area contributed by atoms with Gasteiger partial charge in [0.2, 0.25) is 0 Å². The highest BCUT2D eigenvalue weighted by Gasteiger charge is 2.24. The second kappa shape index (κ2) is 7.25. The van der Waals surface area contributed by atoms with Crippen LogP contribution in [0.1, 0.15) is 0 Å². The highest BCUT2D eigenvalue weighted by Crippen LogP contribution is 2.30. The van der Waals surface area contributed by atoms with Gasteiger partial charge in [0.25, 0.3) is 10.0 Å². The summed E-state index contributed by atoms with van der Waals surface area (Å²) in [5.74, 6) is 0.574. The van der Waals surface area contributed by atoms with Gasteiger partial charge in [0.1, 0.15) is 5.75 Å².